The Labute approximate surface area is 231 Å². The third-order valence-electron chi connectivity index (χ3n) is 6.10. The molecule has 1 saturated heterocycles. The zero-order valence-corrected chi connectivity index (χ0v) is 22.7. The number of aryl methyl sites for hydroxylation is 1. The van der Waals surface area contributed by atoms with Gasteiger partial charge in [-0.05, 0) is 66.8 Å². The molecule has 1 aliphatic heterocycles. The molecule has 1 N–H and O–H groups in total. The van der Waals surface area contributed by atoms with E-state index in [9.17, 15) is 14.9 Å². The number of hydrogen-bond acceptors (Lipinski definition) is 4. The summed E-state index contributed by atoms with van der Waals surface area (Å²) >= 11 is 13.6. The number of hydrogen-bond donors (Lipinski definition) is 1. The minimum Gasteiger partial charge on any atom is -0.345 e. The molecule has 0 aliphatic carbocycles. The number of nitrogens with zero attached hydrogens (tertiary/aromatic N) is 2. The van der Waals surface area contributed by atoms with Gasteiger partial charge in [-0.1, -0.05) is 84.4 Å². The molecule has 0 radical (unpaired) electrons. The van der Waals surface area contributed by atoms with Crippen molar-refractivity contribution in [3.05, 3.63) is 110 Å². The number of benzene rings is 3. The summed E-state index contributed by atoms with van der Waals surface area (Å²) in [5.41, 5.74) is 3.33. The first kappa shape index (κ1) is 26.8. The molecule has 0 saturated carbocycles. The molecule has 1 heterocycles. The lowest BCUT2D eigenvalue weighted by atomic mass is 10.1. The summed E-state index contributed by atoms with van der Waals surface area (Å²) in [6, 6.07) is 24.0. The second kappa shape index (κ2) is 11.9. The van der Waals surface area contributed by atoms with E-state index in [1.54, 1.807) is 18.2 Å². The van der Waals surface area contributed by atoms with Crippen LogP contribution in [0.15, 0.2) is 83.4 Å². The minimum absolute atomic E-state index is 0.104. The van der Waals surface area contributed by atoms with Crippen molar-refractivity contribution in [3.8, 4) is 6.07 Å². The lowest BCUT2D eigenvalue weighted by Gasteiger charge is -2.20. The third kappa shape index (κ3) is 6.19. The Morgan fingerprint density at radius 1 is 1.05 bits per heavy atom. The van der Waals surface area contributed by atoms with Crippen LogP contribution in [0.5, 0.6) is 0 Å². The van der Waals surface area contributed by atoms with Gasteiger partial charge in [-0.15, -0.1) is 0 Å². The maximum absolute atomic E-state index is 13.7. The van der Waals surface area contributed by atoms with Crippen LogP contribution in [0.3, 0.4) is 0 Å². The average molecular weight is 551 g/mol. The summed E-state index contributed by atoms with van der Waals surface area (Å²) in [6.45, 7) is 3.90. The molecule has 0 spiro atoms. The van der Waals surface area contributed by atoms with Crippen LogP contribution >= 0.6 is 35.0 Å². The van der Waals surface area contributed by atoms with E-state index < -0.39 is 11.2 Å². The van der Waals surface area contributed by atoms with Gasteiger partial charge in [-0.2, -0.15) is 5.26 Å². The fraction of sp³-hybridized carbons (Fsp3) is 0.207. The van der Waals surface area contributed by atoms with Gasteiger partial charge >= 0.3 is 0 Å². The highest BCUT2D eigenvalue weighted by atomic mass is 35.5. The molecule has 8 heteroatoms. The first-order chi connectivity index (χ1) is 17.8. The molecular formula is C29H25Cl2N3O2S. The highest BCUT2D eigenvalue weighted by molar-refractivity contribution is 8.05. The van der Waals surface area contributed by atoms with Gasteiger partial charge in [0.2, 0.25) is 5.91 Å². The number of rotatable bonds is 7. The SMILES string of the molecule is CCc1ccc(N2C(=O)C(Cc3cc(Cl)cc(Cl)c3)S/C2=C(/C#N)C(=O)NC(C)c2ccccc2)cc1. The van der Waals surface area contributed by atoms with E-state index >= 15 is 0 Å². The molecule has 1 fully saturated rings. The van der Waals surface area contributed by atoms with E-state index in [0.717, 1.165) is 23.1 Å². The molecule has 1 aliphatic rings. The number of nitriles is 1. The maximum Gasteiger partial charge on any atom is 0.265 e. The molecule has 0 aromatic heterocycles. The van der Waals surface area contributed by atoms with E-state index in [1.807, 2.05) is 61.5 Å². The molecule has 5 nitrogen and oxygen atoms in total. The van der Waals surface area contributed by atoms with Gasteiger partial charge < -0.3 is 5.32 Å². The Kier molecular flexibility index (Phi) is 8.60. The largest absolute Gasteiger partial charge is 0.345 e. The Morgan fingerprint density at radius 2 is 1.70 bits per heavy atom. The Balaban J connectivity index is 1.71. The van der Waals surface area contributed by atoms with Crippen LogP contribution in [-0.2, 0) is 22.4 Å². The first-order valence-corrected chi connectivity index (χ1v) is 13.5. The summed E-state index contributed by atoms with van der Waals surface area (Å²) in [4.78, 5) is 28.5. The number of amides is 2. The lowest BCUT2D eigenvalue weighted by Crippen LogP contribution is -2.32. The number of anilines is 1. The molecule has 2 amide bonds. The van der Waals surface area contributed by atoms with Crippen LogP contribution in [0.4, 0.5) is 5.69 Å². The predicted octanol–water partition coefficient (Wildman–Crippen LogP) is 6.86. The van der Waals surface area contributed by atoms with Gasteiger partial charge in [0.1, 0.15) is 16.7 Å². The number of carbonyl (C=O) groups excluding carboxylic acids is 2. The maximum atomic E-state index is 13.7. The number of thioether (sulfide) groups is 1. The van der Waals surface area contributed by atoms with Crippen molar-refractivity contribution in [1.29, 1.82) is 5.26 Å². The topological polar surface area (TPSA) is 73.2 Å². The van der Waals surface area contributed by atoms with Gasteiger partial charge in [0.15, 0.2) is 0 Å². The summed E-state index contributed by atoms with van der Waals surface area (Å²) in [5.74, 6) is -0.743. The zero-order valence-electron chi connectivity index (χ0n) is 20.4. The molecule has 3 aromatic carbocycles. The van der Waals surface area contributed by atoms with Crippen molar-refractivity contribution in [1.82, 2.24) is 5.32 Å². The average Bonchev–Trinajstić information content (AvgIpc) is 3.19. The molecule has 3 aromatic rings. The number of carbonyl (C=O) groups is 2. The van der Waals surface area contributed by atoms with Crippen molar-refractivity contribution >= 4 is 52.5 Å². The third-order valence-corrected chi connectivity index (χ3v) is 7.80. The fourth-order valence-corrected chi connectivity index (χ4v) is 6.02. The monoisotopic (exact) mass is 549 g/mol. The van der Waals surface area contributed by atoms with Crippen LogP contribution in [0, 0.1) is 11.3 Å². The van der Waals surface area contributed by atoms with Crippen LogP contribution in [0.25, 0.3) is 0 Å². The molecule has 188 valence electrons. The first-order valence-electron chi connectivity index (χ1n) is 11.9. The fourth-order valence-electron chi connectivity index (χ4n) is 4.14. The Morgan fingerprint density at radius 3 is 2.30 bits per heavy atom. The predicted molar refractivity (Wildman–Crippen MR) is 150 cm³/mol. The second-order valence-corrected chi connectivity index (χ2v) is 10.7. The number of halogens is 2. The zero-order chi connectivity index (χ0) is 26.5. The quantitative estimate of drug-likeness (QED) is 0.258. The lowest BCUT2D eigenvalue weighted by molar-refractivity contribution is -0.117. The molecule has 0 bridgehead atoms. The Hall–Kier alpha value is -3.24. The summed E-state index contributed by atoms with van der Waals surface area (Å²) in [7, 11) is 0. The Bertz CT molecular complexity index is 1360. The van der Waals surface area contributed by atoms with Crippen molar-refractivity contribution in [2.45, 2.75) is 38.0 Å². The molecule has 2 atom stereocenters. The van der Waals surface area contributed by atoms with E-state index in [2.05, 4.69) is 18.3 Å². The normalized spacial score (nSPS) is 17.3. The van der Waals surface area contributed by atoms with E-state index in [-0.39, 0.29) is 17.5 Å². The van der Waals surface area contributed by atoms with Crippen LogP contribution in [0.1, 0.15) is 36.6 Å². The van der Waals surface area contributed by atoms with Crippen molar-refractivity contribution in [2.24, 2.45) is 0 Å². The highest BCUT2D eigenvalue weighted by Gasteiger charge is 2.41. The second-order valence-electron chi connectivity index (χ2n) is 8.68. The molecular weight excluding hydrogens is 525 g/mol. The minimum atomic E-state index is -0.557. The van der Waals surface area contributed by atoms with E-state index in [1.165, 1.54) is 16.7 Å². The summed E-state index contributed by atoms with van der Waals surface area (Å²) < 4.78 is 0. The van der Waals surface area contributed by atoms with E-state index in [4.69, 9.17) is 23.2 Å². The van der Waals surface area contributed by atoms with Gasteiger partial charge in [0, 0.05) is 15.7 Å². The van der Waals surface area contributed by atoms with Gasteiger partial charge in [-0.25, -0.2) is 0 Å². The van der Waals surface area contributed by atoms with E-state index in [0.29, 0.717) is 27.2 Å². The van der Waals surface area contributed by atoms with Crippen molar-refractivity contribution in [2.75, 3.05) is 4.90 Å². The number of nitrogens with one attached hydrogen (secondary N) is 1. The highest BCUT2D eigenvalue weighted by Crippen LogP contribution is 2.42. The van der Waals surface area contributed by atoms with Crippen LogP contribution in [-0.4, -0.2) is 17.1 Å². The standard InChI is InChI=1S/C29H25Cl2N3O2S/c1-3-19-9-11-24(12-10-19)34-28(36)26(15-20-13-22(30)16-23(31)14-20)37-29(34)25(17-32)27(35)33-18(2)21-7-5-4-6-8-21/h4-14,16,18,26H,3,15H2,1-2H3,(H,33,35)/b29-25-. The molecule has 2 unspecified atom stereocenters. The molecule has 4 rings (SSSR count). The summed E-state index contributed by atoms with van der Waals surface area (Å²) in [5, 5.41) is 13.7. The van der Waals surface area contributed by atoms with Crippen molar-refractivity contribution in [3.63, 3.8) is 0 Å². The smallest absolute Gasteiger partial charge is 0.265 e. The van der Waals surface area contributed by atoms with Crippen LogP contribution < -0.4 is 10.2 Å². The van der Waals surface area contributed by atoms with Gasteiger partial charge in [0.05, 0.1) is 11.3 Å². The molecule has 37 heavy (non-hydrogen) atoms. The van der Waals surface area contributed by atoms with Gasteiger partial charge in [-0.3, -0.25) is 14.5 Å². The summed E-state index contributed by atoms with van der Waals surface area (Å²) in [6.07, 6.45) is 1.20. The van der Waals surface area contributed by atoms with Gasteiger partial charge in [0.25, 0.3) is 5.91 Å². The van der Waals surface area contributed by atoms with Crippen molar-refractivity contribution < 1.29 is 9.59 Å². The van der Waals surface area contributed by atoms with Crippen LogP contribution in [0.2, 0.25) is 10.0 Å².